The van der Waals surface area contributed by atoms with Crippen molar-refractivity contribution in [2.75, 3.05) is 5.01 Å². The maximum absolute atomic E-state index is 8.72. The quantitative estimate of drug-likeness (QED) is 0.489. The Morgan fingerprint density at radius 1 is 1.46 bits per heavy atom. The Bertz CT molecular complexity index is 299. The molecular formula is C9H12N2O2. The smallest absolute Gasteiger partial charge is 0.0970 e. The molecule has 0 spiro atoms. The van der Waals surface area contributed by atoms with Crippen LogP contribution in [0.1, 0.15) is 5.56 Å². The van der Waals surface area contributed by atoms with Crippen LogP contribution in [0.25, 0.3) is 0 Å². The lowest BCUT2D eigenvalue weighted by Gasteiger charge is -2.16. The summed E-state index contributed by atoms with van der Waals surface area (Å²) >= 11 is 0. The first-order valence-corrected chi connectivity index (χ1v) is 3.84. The highest BCUT2D eigenvalue weighted by Gasteiger charge is 1.99. The number of nitrogens with one attached hydrogen (secondary N) is 1. The average Bonchev–Trinajstić information content (AvgIpc) is 2.14. The fraction of sp³-hybridized carbons (Fsp3) is 0.111. The second-order valence-corrected chi connectivity index (χ2v) is 2.61. The average molecular weight is 180 g/mol. The fourth-order valence-electron chi connectivity index (χ4n) is 1.02. The predicted molar refractivity (Wildman–Crippen MR) is 50.3 cm³/mol. The van der Waals surface area contributed by atoms with E-state index in [1.165, 1.54) is 11.2 Å². The molecule has 3 N–H and O–H groups in total. The molecule has 4 nitrogen and oxygen atoms in total. The van der Waals surface area contributed by atoms with Crippen LogP contribution >= 0.6 is 0 Å². The minimum absolute atomic E-state index is 0.743. The molecule has 0 unspecified atom stereocenters. The van der Waals surface area contributed by atoms with Crippen LogP contribution < -0.4 is 10.6 Å². The molecule has 0 heterocycles. The van der Waals surface area contributed by atoms with Crippen molar-refractivity contribution in [1.29, 1.82) is 0 Å². The summed E-state index contributed by atoms with van der Waals surface area (Å²) in [5.41, 5.74) is 3.75. The number of hydrazine groups is 1. The summed E-state index contributed by atoms with van der Waals surface area (Å²) in [6.07, 6.45) is 2.14. The van der Waals surface area contributed by atoms with Crippen molar-refractivity contribution < 1.29 is 10.3 Å². The maximum atomic E-state index is 8.72. The minimum atomic E-state index is 0.743. The van der Waals surface area contributed by atoms with Crippen LogP contribution in [0.3, 0.4) is 0 Å². The van der Waals surface area contributed by atoms with Gasteiger partial charge in [-0.3, -0.25) is 10.2 Å². The van der Waals surface area contributed by atoms with Gasteiger partial charge < -0.3 is 5.11 Å². The van der Waals surface area contributed by atoms with Gasteiger partial charge in [-0.15, -0.1) is 5.59 Å². The zero-order valence-corrected chi connectivity index (χ0v) is 7.31. The van der Waals surface area contributed by atoms with Crippen LogP contribution in [0.4, 0.5) is 5.69 Å². The lowest BCUT2D eigenvalue weighted by atomic mass is 10.2. The first kappa shape index (κ1) is 9.57. The van der Waals surface area contributed by atoms with Crippen LogP contribution in [0.2, 0.25) is 0 Å². The molecule has 0 saturated heterocycles. The summed E-state index contributed by atoms with van der Waals surface area (Å²) < 4.78 is 0. The normalized spacial score (nSPS) is 10.6. The molecule has 0 fully saturated rings. The number of rotatable bonds is 3. The van der Waals surface area contributed by atoms with Crippen LogP contribution in [0.15, 0.2) is 36.7 Å². The third-order valence-electron chi connectivity index (χ3n) is 1.60. The van der Waals surface area contributed by atoms with Gasteiger partial charge in [0.15, 0.2) is 0 Å². The van der Waals surface area contributed by atoms with Crippen LogP contribution in [-0.4, -0.2) is 10.3 Å². The number of hydrogen-bond donors (Lipinski definition) is 3. The second kappa shape index (κ2) is 4.49. The number of aliphatic hydroxyl groups excluding tert-OH is 1. The molecule has 1 rings (SSSR count). The third kappa shape index (κ3) is 2.47. The Hall–Kier alpha value is -1.52. The van der Waals surface area contributed by atoms with E-state index in [-0.39, 0.29) is 0 Å². The monoisotopic (exact) mass is 180 g/mol. The van der Waals surface area contributed by atoms with E-state index in [0.717, 1.165) is 17.5 Å². The molecule has 0 radical (unpaired) electrons. The van der Waals surface area contributed by atoms with E-state index in [2.05, 4.69) is 0 Å². The Morgan fingerprint density at radius 3 is 2.77 bits per heavy atom. The van der Waals surface area contributed by atoms with E-state index in [9.17, 15) is 0 Å². The molecular weight excluding hydrogens is 168 g/mol. The van der Waals surface area contributed by atoms with E-state index >= 15 is 0 Å². The maximum Gasteiger partial charge on any atom is 0.0970 e. The third-order valence-corrected chi connectivity index (χ3v) is 1.60. The highest BCUT2D eigenvalue weighted by Crippen LogP contribution is 2.13. The van der Waals surface area contributed by atoms with Crippen molar-refractivity contribution in [1.82, 2.24) is 5.59 Å². The number of aryl methyl sites for hydroxylation is 1. The van der Waals surface area contributed by atoms with E-state index in [1.807, 2.05) is 30.7 Å². The Labute approximate surface area is 76.7 Å². The van der Waals surface area contributed by atoms with E-state index in [0.29, 0.717) is 0 Å². The van der Waals surface area contributed by atoms with Gasteiger partial charge in [-0.1, -0.05) is 12.1 Å². The summed E-state index contributed by atoms with van der Waals surface area (Å²) in [7, 11) is 0. The van der Waals surface area contributed by atoms with Crippen molar-refractivity contribution in [3.05, 3.63) is 42.3 Å². The summed E-state index contributed by atoms with van der Waals surface area (Å²) in [6, 6.07) is 7.47. The lowest BCUT2D eigenvalue weighted by Crippen LogP contribution is -2.29. The summed E-state index contributed by atoms with van der Waals surface area (Å²) in [6.45, 7) is 1.95. The molecule has 1 aromatic carbocycles. The molecule has 4 heteroatoms. The molecule has 70 valence electrons. The highest BCUT2D eigenvalue weighted by atomic mass is 16.5. The fourth-order valence-corrected chi connectivity index (χ4v) is 1.02. The van der Waals surface area contributed by atoms with Gasteiger partial charge in [0, 0.05) is 0 Å². The van der Waals surface area contributed by atoms with Gasteiger partial charge in [-0.2, -0.15) is 0 Å². The van der Waals surface area contributed by atoms with E-state index < -0.39 is 0 Å². The van der Waals surface area contributed by atoms with Crippen LogP contribution in [-0.2, 0) is 0 Å². The first-order valence-electron chi connectivity index (χ1n) is 3.84. The van der Waals surface area contributed by atoms with E-state index in [4.69, 9.17) is 10.3 Å². The molecule has 1 aromatic rings. The molecule has 0 bridgehead atoms. The largest absolute Gasteiger partial charge is 0.514 e. The van der Waals surface area contributed by atoms with Gasteiger partial charge >= 0.3 is 0 Å². The Kier molecular flexibility index (Phi) is 3.31. The molecule has 13 heavy (non-hydrogen) atoms. The predicted octanol–water partition coefficient (Wildman–Crippen LogP) is 1.72. The molecule has 0 amide bonds. The Balaban J connectivity index is 2.91. The lowest BCUT2D eigenvalue weighted by molar-refractivity contribution is 0.165. The zero-order chi connectivity index (χ0) is 9.68. The van der Waals surface area contributed by atoms with Crippen LogP contribution in [0, 0.1) is 6.92 Å². The van der Waals surface area contributed by atoms with Gasteiger partial charge in [0.25, 0.3) is 0 Å². The standard InChI is InChI=1S/C9H12N2O2/c1-8-3-2-4-9(7-8)11(10-13)5-6-12/h2-7,10,12-13H,1H3/b6-5+. The summed E-state index contributed by atoms with van der Waals surface area (Å²) in [4.78, 5) is 0. The van der Waals surface area contributed by atoms with Gasteiger partial charge in [0.05, 0.1) is 18.1 Å². The molecule has 0 saturated carbocycles. The first-order chi connectivity index (χ1) is 6.27. The summed E-state index contributed by atoms with van der Waals surface area (Å²) in [5.74, 6) is 0. The topological polar surface area (TPSA) is 55.7 Å². The molecule has 0 aliphatic rings. The van der Waals surface area contributed by atoms with Crippen molar-refractivity contribution >= 4 is 5.69 Å². The van der Waals surface area contributed by atoms with Gasteiger partial charge in [0.1, 0.15) is 0 Å². The minimum Gasteiger partial charge on any atom is -0.514 e. The molecule has 0 aliphatic heterocycles. The Morgan fingerprint density at radius 2 is 2.23 bits per heavy atom. The summed E-state index contributed by atoms with van der Waals surface area (Å²) in [5, 5.41) is 18.5. The number of hydrogen-bond acceptors (Lipinski definition) is 4. The van der Waals surface area contributed by atoms with Crippen molar-refractivity contribution in [3.63, 3.8) is 0 Å². The zero-order valence-electron chi connectivity index (χ0n) is 7.31. The number of benzene rings is 1. The molecule has 0 aliphatic carbocycles. The number of nitrogens with zero attached hydrogens (tertiary/aromatic N) is 1. The highest BCUT2D eigenvalue weighted by molar-refractivity contribution is 5.49. The van der Waals surface area contributed by atoms with Gasteiger partial charge in [-0.05, 0) is 24.6 Å². The molecule has 0 atom stereocenters. The second-order valence-electron chi connectivity index (χ2n) is 2.61. The number of anilines is 1. The van der Waals surface area contributed by atoms with Gasteiger partial charge in [0.2, 0.25) is 0 Å². The SMILES string of the molecule is Cc1cccc(N(/C=C/O)NO)c1. The van der Waals surface area contributed by atoms with E-state index in [1.54, 1.807) is 6.07 Å². The van der Waals surface area contributed by atoms with Crippen molar-refractivity contribution in [2.24, 2.45) is 0 Å². The van der Waals surface area contributed by atoms with Crippen molar-refractivity contribution in [2.45, 2.75) is 6.92 Å². The van der Waals surface area contributed by atoms with Gasteiger partial charge in [-0.25, -0.2) is 0 Å². The number of aliphatic hydroxyl groups is 1. The molecule has 0 aromatic heterocycles. The van der Waals surface area contributed by atoms with Crippen molar-refractivity contribution in [3.8, 4) is 0 Å². The van der Waals surface area contributed by atoms with Crippen LogP contribution in [0.5, 0.6) is 0 Å².